The van der Waals surface area contributed by atoms with Crippen LogP contribution in [0.4, 0.5) is 0 Å². The molecule has 0 bridgehead atoms. The molecule has 0 spiro atoms. The number of hydrogen-bond donors (Lipinski definition) is 4. The van der Waals surface area contributed by atoms with E-state index in [-0.39, 0.29) is 60.4 Å². The molecule has 2 aliphatic rings. The van der Waals surface area contributed by atoms with Crippen LogP contribution in [0.5, 0.6) is 5.75 Å². The molecule has 3 aromatic carbocycles. The number of unbranched alkanes of at least 4 members (excludes halogenated alkanes) is 2. The van der Waals surface area contributed by atoms with Crippen molar-refractivity contribution in [2.45, 2.75) is 124 Å². The molecule has 0 aromatic heterocycles. The second kappa shape index (κ2) is 20.2. The summed E-state index contributed by atoms with van der Waals surface area (Å²) in [7, 11) is 0. The van der Waals surface area contributed by atoms with Gasteiger partial charge < -0.3 is 35.4 Å². The molecule has 1 saturated heterocycles. The molecular weight excluding hydrogens is 829 g/mol. The normalized spacial score (nSPS) is 21.2. The number of likely N-dealkylation sites (tertiary alicyclic amines) is 1. The molecule has 62 heavy (non-hydrogen) atoms. The van der Waals surface area contributed by atoms with Crippen LogP contribution in [0.1, 0.15) is 114 Å². The second-order valence-corrected chi connectivity index (χ2v) is 19.7. The van der Waals surface area contributed by atoms with Crippen LogP contribution in [-0.4, -0.2) is 83.7 Å². The van der Waals surface area contributed by atoms with Gasteiger partial charge in [0.2, 0.25) is 17.7 Å². The molecule has 1 unspecified atom stereocenters. The zero-order valence-corrected chi connectivity index (χ0v) is 38.5. The van der Waals surface area contributed by atoms with E-state index in [1.807, 2.05) is 64.1 Å². The van der Waals surface area contributed by atoms with Crippen molar-refractivity contribution in [2.75, 3.05) is 19.8 Å². The summed E-state index contributed by atoms with van der Waals surface area (Å²) in [4.78, 5) is 55.1. The first-order valence-corrected chi connectivity index (χ1v) is 22.1. The van der Waals surface area contributed by atoms with Crippen LogP contribution < -0.4 is 20.7 Å². The third-order valence-corrected chi connectivity index (χ3v) is 12.7. The predicted molar refractivity (Wildman–Crippen MR) is 240 cm³/mol. The Kier molecular flexibility index (Phi) is 15.8. The summed E-state index contributed by atoms with van der Waals surface area (Å²) < 4.78 is 12.0. The molecule has 12 nitrogen and oxygen atoms in total. The molecule has 14 heteroatoms. The molecule has 1 aliphatic carbocycles. The van der Waals surface area contributed by atoms with Gasteiger partial charge >= 0.3 is 0 Å². The van der Waals surface area contributed by atoms with Crippen LogP contribution in [0.2, 0.25) is 10.0 Å². The summed E-state index contributed by atoms with van der Waals surface area (Å²) in [6, 6.07) is 19.5. The number of carbonyl (C=O) groups is 4. The number of aryl methyl sites for hydroxylation is 1. The lowest BCUT2D eigenvalue weighted by Crippen LogP contribution is -2.74. The van der Waals surface area contributed by atoms with E-state index in [1.165, 1.54) is 4.90 Å². The predicted octanol–water partition coefficient (Wildman–Crippen LogP) is 7.58. The van der Waals surface area contributed by atoms with Crippen molar-refractivity contribution < 1.29 is 33.8 Å². The molecule has 4 N–H and O–H groups in total. The highest BCUT2D eigenvalue weighted by atomic mass is 35.5. The average Bonchev–Trinajstić information content (AvgIpc) is 3.61. The fourth-order valence-electron chi connectivity index (χ4n) is 8.98. The minimum atomic E-state index is -0.948. The molecule has 334 valence electrons. The Morgan fingerprint density at radius 2 is 1.60 bits per heavy atom. The van der Waals surface area contributed by atoms with Gasteiger partial charge in [-0.15, -0.1) is 0 Å². The Balaban J connectivity index is 1.02. The number of halogens is 2. The summed E-state index contributed by atoms with van der Waals surface area (Å²) >= 11 is 12.2. The van der Waals surface area contributed by atoms with Gasteiger partial charge in [0, 0.05) is 53.1 Å². The van der Waals surface area contributed by atoms with Gasteiger partial charge in [-0.05, 0) is 79.1 Å². The number of ether oxygens (including phenoxy) is 2. The Labute approximate surface area is 376 Å². The first kappa shape index (κ1) is 48.4. The molecule has 4 amide bonds. The zero-order valence-electron chi connectivity index (χ0n) is 37.0. The number of aliphatic hydroxyl groups is 1. The highest BCUT2D eigenvalue weighted by Crippen LogP contribution is 2.55. The van der Waals surface area contributed by atoms with Crippen molar-refractivity contribution in [1.29, 1.82) is 5.26 Å². The van der Waals surface area contributed by atoms with Crippen molar-refractivity contribution in [2.24, 2.45) is 16.2 Å². The van der Waals surface area contributed by atoms with Gasteiger partial charge in [0.25, 0.3) is 5.91 Å². The smallest absolute Gasteiger partial charge is 0.251 e. The van der Waals surface area contributed by atoms with Crippen molar-refractivity contribution in [3.05, 3.63) is 99.0 Å². The van der Waals surface area contributed by atoms with Crippen molar-refractivity contribution in [1.82, 2.24) is 20.9 Å². The number of nitriles is 1. The zero-order chi connectivity index (χ0) is 45.6. The molecule has 1 saturated carbocycles. The van der Waals surface area contributed by atoms with Gasteiger partial charge in [0.05, 0.1) is 22.7 Å². The largest absolute Gasteiger partial charge is 0.489 e. The molecule has 0 radical (unpaired) electrons. The van der Waals surface area contributed by atoms with E-state index in [2.05, 4.69) is 49.7 Å². The SMILES string of the molecule is C[C@H](NC(=O)C1C[C@@H](O)CN1C(=O)[C@@H](NC(=O)COCCCCCc1ccc(C(=O)N[C@H]2C(C)(C)[C@H](Oc3ccc(C#N)c(Cl)c3)C2(C)C)cc1)C(C)(C)C)c1ccc(Cl)cc1. The monoisotopic (exact) mass is 889 g/mol. The Morgan fingerprint density at radius 3 is 2.21 bits per heavy atom. The molecule has 3 aromatic rings. The number of benzene rings is 3. The summed E-state index contributed by atoms with van der Waals surface area (Å²) in [5.74, 6) is -0.826. The first-order valence-electron chi connectivity index (χ1n) is 21.3. The van der Waals surface area contributed by atoms with Gasteiger partial charge in [0.1, 0.15) is 36.6 Å². The fourth-order valence-corrected chi connectivity index (χ4v) is 9.31. The van der Waals surface area contributed by atoms with Crippen LogP contribution in [0.15, 0.2) is 66.7 Å². The Hall–Kier alpha value is -4.67. The number of nitrogens with zero attached hydrogens (tertiary/aromatic N) is 2. The summed E-state index contributed by atoms with van der Waals surface area (Å²) in [6.07, 6.45) is 2.35. The second-order valence-electron chi connectivity index (χ2n) is 18.9. The van der Waals surface area contributed by atoms with Gasteiger partial charge in [0.15, 0.2) is 0 Å². The molecule has 1 aliphatic heterocycles. The minimum absolute atomic E-state index is 0.0147. The number of carbonyl (C=O) groups excluding carboxylic acids is 4. The number of aliphatic hydroxyl groups excluding tert-OH is 1. The molecule has 2 fully saturated rings. The average molecular weight is 891 g/mol. The number of amides is 4. The first-order chi connectivity index (χ1) is 29.1. The van der Waals surface area contributed by atoms with Crippen molar-refractivity contribution in [3.63, 3.8) is 0 Å². The Morgan fingerprint density at radius 1 is 0.935 bits per heavy atom. The third-order valence-electron chi connectivity index (χ3n) is 12.1. The summed E-state index contributed by atoms with van der Waals surface area (Å²) in [5.41, 5.74) is 1.49. The molecule has 4 atom stereocenters. The van der Waals surface area contributed by atoms with Crippen molar-refractivity contribution >= 4 is 46.8 Å². The lowest BCUT2D eigenvalue weighted by atomic mass is 9.49. The number of hydrogen-bond acceptors (Lipinski definition) is 8. The highest BCUT2D eigenvalue weighted by molar-refractivity contribution is 6.31. The van der Waals surface area contributed by atoms with Gasteiger partial charge in [-0.25, -0.2) is 0 Å². The van der Waals surface area contributed by atoms with Crippen LogP contribution in [0, 0.1) is 27.6 Å². The van der Waals surface area contributed by atoms with Crippen LogP contribution in [0.25, 0.3) is 0 Å². The fraction of sp³-hybridized carbons (Fsp3) is 0.521. The van der Waals surface area contributed by atoms with E-state index in [9.17, 15) is 29.5 Å². The standard InChI is InChI=1S/C48H61Cl2N5O7/c1-29(31-17-20-34(49)21-18-31)52-42(59)38-24-35(56)27-55(38)43(60)40(46(2,3)4)53-39(57)28-61-23-11-9-10-12-30-13-15-32(16-14-30)41(58)54-44-47(5,6)45(48(44,7)8)62-36-22-19-33(26-51)37(50)25-36/h13-22,25,29,35,38,40,44-45,56H,9-12,23-24,27-28H2,1-8H3,(H,52,59)(H,53,57)(H,54,58)/t29-,35+,38?,40+,44-,45-/m0/s1. The molecule has 5 rings (SSSR count). The van der Waals surface area contributed by atoms with Gasteiger partial charge in [-0.2, -0.15) is 5.26 Å². The maximum atomic E-state index is 13.9. The van der Waals surface area contributed by atoms with E-state index in [0.29, 0.717) is 33.5 Å². The van der Waals surface area contributed by atoms with Crippen molar-refractivity contribution in [3.8, 4) is 11.8 Å². The summed E-state index contributed by atoms with van der Waals surface area (Å²) in [5, 5.41) is 29.6. The lowest BCUT2D eigenvalue weighted by Gasteiger charge is -2.63. The van der Waals surface area contributed by atoms with Crippen LogP contribution >= 0.6 is 23.2 Å². The number of β-amino-alcohol motifs (C(OH)–C–C–N with tert-alkyl or cyclic N) is 1. The topological polar surface area (TPSA) is 170 Å². The van der Waals surface area contributed by atoms with E-state index in [1.54, 1.807) is 30.3 Å². The molecular formula is C48H61Cl2N5O7. The Bertz CT molecular complexity index is 2100. The van der Waals surface area contributed by atoms with E-state index in [4.69, 9.17) is 32.7 Å². The summed E-state index contributed by atoms with van der Waals surface area (Å²) in [6.45, 7) is 15.8. The number of nitrogens with one attached hydrogen (secondary N) is 3. The van der Waals surface area contributed by atoms with E-state index >= 15 is 0 Å². The van der Waals surface area contributed by atoms with Gasteiger partial charge in [-0.1, -0.05) is 102 Å². The highest BCUT2D eigenvalue weighted by Gasteiger charge is 2.64. The van der Waals surface area contributed by atoms with Crippen LogP contribution in [0.3, 0.4) is 0 Å². The third kappa shape index (κ3) is 11.7. The minimum Gasteiger partial charge on any atom is -0.489 e. The lowest BCUT2D eigenvalue weighted by molar-refractivity contribution is -0.164. The maximum Gasteiger partial charge on any atom is 0.251 e. The van der Waals surface area contributed by atoms with E-state index in [0.717, 1.165) is 36.8 Å². The number of rotatable bonds is 17. The van der Waals surface area contributed by atoms with Crippen LogP contribution in [-0.2, 0) is 25.5 Å². The van der Waals surface area contributed by atoms with Gasteiger partial charge in [-0.3, -0.25) is 19.2 Å². The maximum absolute atomic E-state index is 13.9. The quantitative estimate of drug-likeness (QED) is 0.101. The molecule has 1 heterocycles. The van der Waals surface area contributed by atoms with E-state index < -0.39 is 35.4 Å².